The molecule has 0 saturated heterocycles. The smallest absolute Gasteiger partial charge is 0.0754 e. The summed E-state index contributed by atoms with van der Waals surface area (Å²) in [6.07, 6.45) is 5.01. The molecule has 0 spiro atoms. The Morgan fingerprint density at radius 1 is 1.26 bits per heavy atom. The van der Waals surface area contributed by atoms with Crippen molar-refractivity contribution in [1.82, 2.24) is 0 Å². The summed E-state index contributed by atoms with van der Waals surface area (Å²) in [5.74, 6) is 0.259. The van der Waals surface area contributed by atoms with Gasteiger partial charge in [0.05, 0.1) is 11.7 Å². The van der Waals surface area contributed by atoms with Crippen LogP contribution >= 0.6 is 0 Å². The SMILES string of the molecule is CC12CCC(O)C(CCO)=C1CC(C(C)(C)O)CC2. The monoisotopic (exact) mass is 268 g/mol. The van der Waals surface area contributed by atoms with Crippen molar-refractivity contribution in [2.24, 2.45) is 11.3 Å². The number of aliphatic hydroxyl groups excluding tert-OH is 2. The van der Waals surface area contributed by atoms with Gasteiger partial charge in [-0.1, -0.05) is 12.5 Å². The van der Waals surface area contributed by atoms with Gasteiger partial charge in [-0.2, -0.15) is 0 Å². The normalized spacial score (nSPS) is 36.3. The van der Waals surface area contributed by atoms with E-state index in [0.29, 0.717) is 6.42 Å². The Morgan fingerprint density at radius 2 is 1.89 bits per heavy atom. The van der Waals surface area contributed by atoms with Crippen LogP contribution in [0.25, 0.3) is 0 Å². The summed E-state index contributed by atoms with van der Waals surface area (Å²) in [6, 6.07) is 0. The number of hydrogen-bond donors (Lipinski definition) is 3. The molecule has 0 radical (unpaired) electrons. The molecule has 0 aromatic rings. The standard InChI is InChI=1S/C16H28O3/c1-15(2,19)11-4-7-16(3)8-5-14(18)12(6-9-17)13(16)10-11/h11,14,17-19H,4-10H2,1-3H3. The zero-order chi connectivity index (χ0) is 14.3. The van der Waals surface area contributed by atoms with E-state index in [0.717, 1.165) is 37.7 Å². The van der Waals surface area contributed by atoms with E-state index in [-0.39, 0.29) is 17.9 Å². The van der Waals surface area contributed by atoms with E-state index in [4.69, 9.17) is 0 Å². The summed E-state index contributed by atoms with van der Waals surface area (Å²) in [4.78, 5) is 0. The van der Waals surface area contributed by atoms with Crippen molar-refractivity contribution < 1.29 is 15.3 Å². The van der Waals surface area contributed by atoms with E-state index in [2.05, 4.69) is 6.92 Å². The second kappa shape index (κ2) is 5.19. The fourth-order valence-electron chi connectivity index (χ4n) is 3.90. The van der Waals surface area contributed by atoms with E-state index < -0.39 is 11.7 Å². The molecule has 3 atom stereocenters. The van der Waals surface area contributed by atoms with Gasteiger partial charge in [0.15, 0.2) is 0 Å². The maximum Gasteiger partial charge on any atom is 0.0754 e. The first kappa shape index (κ1) is 15.0. The molecule has 3 N–H and O–H groups in total. The Hall–Kier alpha value is -0.380. The van der Waals surface area contributed by atoms with Crippen molar-refractivity contribution in [2.45, 2.75) is 71.0 Å². The predicted octanol–water partition coefficient (Wildman–Crippen LogP) is 2.40. The highest BCUT2D eigenvalue weighted by Crippen LogP contribution is 2.53. The lowest BCUT2D eigenvalue weighted by molar-refractivity contribution is -0.00771. The maximum atomic E-state index is 10.3. The van der Waals surface area contributed by atoms with Gasteiger partial charge in [-0.25, -0.2) is 0 Å². The Labute approximate surface area is 116 Å². The molecule has 0 aromatic carbocycles. The Kier molecular flexibility index (Phi) is 4.10. The average Bonchev–Trinajstić information content (AvgIpc) is 2.32. The summed E-state index contributed by atoms with van der Waals surface area (Å²) in [5.41, 5.74) is 1.87. The second-order valence-corrected chi connectivity index (χ2v) is 7.19. The highest BCUT2D eigenvalue weighted by Gasteiger charge is 2.44. The molecule has 0 heterocycles. The van der Waals surface area contributed by atoms with E-state index in [1.807, 2.05) is 13.8 Å². The first-order chi connectivity index (χ1) is 8.78. The quantitative estimate of drug-likeness (QED) is 0.689. The van der Waals surface area contributed by atoms with Crippen LogP contribution in [-0.4, -0.2) is 33.6 Å². The topological polar surface area (TPSA) is 60.7 Å². The first-order valence-electron chi connectivity index (χ1n) is 7.51. The first-order valence-corrected chi connectivity index (χ1v) is 7.51. The van der Waals surface area contributed by atoms with Gasteiger partial charge in [-0.15, -0.1) is 0 Å². The molecule has 0 bridgehead atoms. The van der Waals surface area contributed by atoms with E-state index in [1.165, 1.54) is 5.57 Å². The van der Waals surface area contributed by atoms with Crippen LogP contribution in [0, 0.1) is 11.3 Å². The highest BCUT2D eigenvalue weighted by molar-refractivity contribution is 5.30. The molecule has 0 aliphatic heterocycles. The molecule has 0 aromatic heterocycles. The molecule has 1 fully saturated rings. The Bertz CT molecular complexity index is 367. The molecule has 3 heteroatoms. The van der Waals surface area contributed by atoms with Gasteiger partial charge in [-0.3, -0.25) is 0 Å². The van der Waals surface area contributed by atoms with Gasteiger partial charge in [-0.05, 0) is 69.3 Å². The molecule has 3 unspecified atom stereocenters. The summed E-state index contributed by atoms with van der Waals surface area (Å²) in [5, 5.41) is 29.7. The van der Waals surface area contributed by atoms with Crippen LogP contribution in [0.2, 0.25) is 0 Å². The van der Waals surface area contributed by atoms with Gasteiger partial charge >= 0.3 is 0 Å². The number of aliphatic hydroxyl groups is 3. The van der Waals surface area contributed by atoms with Crippen LogP contribution in [0.4, 0.5) is 0 Å². The third-order valence-electron chi connectivity index (χ3n) is 5.36. The Morgan fingerprint density at radius 3 is 2.47 bits per heavy atom. The highest BCUT2D eigenvalue weighted by atomic mass is 16.3. The van der Waals surface area contributed by atoms with Crippen LogP contribution in [0.1, 0.15) is 59.3 Å². The van der Waals surface area contributed by atoms with Gasteiger partial charge in [0, 0.05) is 6.61 Å². The van der Waals surface area contributed by atoms with Gasteiger partial charge < -0.3 is 15.3 Å². The number of rotatable bonds is 3. The lowest BCUT2D eigenvalue weighted by Gasteiger charge is -2.48. The minimum Gasteiger partial charge on any atom is -0.396 e. The zero-order valence-corrected chi connectivity index (χ0v) is 12.4. The van der Waals surface area contributed by atoms with E-state index >= 15 is 0 Å². The molecule has 2 aliphatic carbocycles. The van der Waals surface area contributed by atoms with Crippen molar-refractivity contribution in [3.63, 3.8) is 0 Å². The molecule has 0 amide bonds. The minimum absolute atomic E-state index is 0.0964. The molecule has 1 saturated carbocycles. The molecule has 3 nitrogen and oxygen atoms in total. The van der Waals surface area contributed by atoms with Gasteiger partial charge in [0.25, 0.3) is 0 Å². The molecule has 2 aliphatic rings. The average molecular weight is 268 g/mol. The summed E-state index contributed by atoms with van der Waals surface area (Å²) in [6.45, 7) is 6.14. The summed E-state index contributed by atoms with van der Waals surface area (Å²) >= 11 is 0. The largest absolute Gasteiger partial charge is 0.396 e. The molecule has 2 rings (SSSR count). The number of fused-ring (bicyclic) bond motifs is 1. The van der Waals surface area contributed by atoms with Crippen LogP contribution in [-0.2, 0) is 0 Å². The molecule has 19 heavy (non-hydrogen) atoms. The van der Waals surface area contributed by atoms with Crippen LogP contribution in [0.3, 0.4) is 0 Å². The van der Waals surface area contributed by atoms with Gasteiger partial charge in [0.1, 0.15) is 0 Å². The minimum atomic E-state index is -0.666. The summed E-state index contributed by atoms with van der Waals surface area (Å²) in [7, 11) is 0. The van der Waals surface area contributed by atoms with Crippen molar-refractivity contribution >= 4 is 0 Å². The van der Waals surface area contributed by atoms with Crippen molar-refractivity contribution in [1.29, 1.82) is 0 Å². The predicted molar refractivity (Wildman–Crippen MR) is 75.7 cm³/mol. The van der Waals surface area contributed by atoms with E-state index in [9.17, 15) is 15.3 Å². The molecular formula is C16H28O3. The van der Waals surface area contributed by atoms with Crippen LogP contribution in [0.5, 0.6) is 0 Å². The molecular weight excluding hydrogens is 240 g/mol. The fraction of sp³-hybridized carbons (Fsp3) is 0.875. The van der Waals surface area contributed by atoms with Gasteiger partial charge in [0.2, 0.25) is 0 Å². The zero-order valence-electron chi connectivity index (χ0n) is 12.4. The number of hydrogen-bond acceptors (Lipinski definition) is 3. The third kappa shape index (κ3) is 2.88. The maximum absolute atomic E-state index is 10.3. The van der Waals surface area contributed by atoms with Crippen LogP contribution < -0.4 is 0 Å². The summed E-state index contributed by atoms with van der Waals surface area (Å²) < 4.78 is 0. The van der Waals surface area contributed by atoms with Crippen molar-refractivity contribution in [3.8, 4) is 0 Å². The lowest BCUT2D eigenvalue weighted by atomic mass is 9.59. The fourth-order valence-corrected chi connectivity index (χ4v) is 3.90. The third-order valence-corrected chi connectivity index (χ3v) is 5.36. The van der Waals surface area contributed by atoms with E-state index in [1.54, 1.807) is 0 Å². The van der Waals surface area contributed by atoms with Crippen molar-refractivity contribution in [2.75, 3.05) is 6.61 Å². The lowest BCUT2D eigenvalue weighted by Crippen LogP contribution is -2.41. The second-order valence-electron chi connectivity index (χ2n) is 7.19. The number of allylic oxidation sites excluding steroid dienone is 1. The Balaban J connectivity index is 2.34. The molecule has 110 valence electrons. The van der Waals surface area contributed by atoms with Crippen LogP contribution in [0.15, 0.2) is 11.1 Å². The van der Waals surface area contributed by atoms with Crippen molar-refractivity contribution in [3.05, 3.63) is 11.1 Å².